The molecule has 2 N–H and O–H groups in total. The fourth-order valence-electron chi connectivity index (χ4n) is 5.80. The number of aromatic hydroxyl groups is 1. The highest BCUT2D eigenvalue weighted by Gasteiger charge is 2.51. The van der Waals surface area contributed by atoms with E-state index >= 15 is 0 Å². The summed E-state index contributed by atoms with van der Waals surface area (Å²) in [4.78, 5) is 11.9. The van der Waals surface area contributed by atoms with Crippen LogP contribution in [-0.2, 0) is 13.9 Å². The zero-order chi connectivity index (χ0) is 31.0. The first-order chi connectivity index (χ1) is 20.3. The average molecular weight is 617 g/mol. The minimum atomic E-state index is -2.80. The van der Waals surface area contributed by atoms with E-state index in [1.54, 1.807) is 23.9 Å². The molecular formula is C35H40O6SSi. The number of phenols is 1. The number of hydrogen-bond donors (Lipinski definition) is 2. The molecule has 8 heteroatoms. The molecule has 1 aliphatic heterocycles. The third-order valence-electron chi connectivity index (χ3n) is 8.05. The summed E-state index contributed by atoms with van der Waals surface area (Å²) in [6.07, 6.45) is 2.29. The lowest BCUT2D eigenvalue weighted by atomic mass is 10.1. The fraction of sp³-hybridized carbons (Fsp3) is 0.343. The van der Waals surface area contributed by atoms with Gasteiger partial charge in [-0.05, 0) is 54.4 Å². The minimum absolute atomic E-state index is 0.0948. The Morgan fingerprint density at radius 1 is 0.930 bits per heavy atom. The topological polar surface area (TPSA) is 89.1 Å². The Morgan fingerprint density at radius 2 is 1.53 bits per heavy atom. The first kappa shape index (κ1) is 31.3. The third kappa shape index (κ3) is 6.26. The van der Waals surface area contributed by atoms with E-state index in [0.29, 0.717) is 11.3 Å². The lowest BCUT2D eigenvalue weighted by Gasteiger charge is -2.44. The number of ketones is 1. The summed E-state index contributed by atoms with van der Waals surface area (Å²) in [5, 5.41) is 24.1. The van der Waals surface area contributed by atoms with Crippen LogP contribution in [0.3, 0.4) is 0 Å². The number of fused-ring (bicyclic) bond motifs is 1. The van der Waals surface area contributed by atoms with Crippen molar-refractivity contribution >= 4 is 47.2 Å². The number of phenolic OH excluding ortho intramolecular Hbond substituents is 1. The van der Waals surface area contributed by atoms with Crippen LogP contribution < -0.4 is 10.4 Å². The quantitative estimate of drug-likeness (QED) is 0.126. The summed E-state index contributed by atoms with van der Waals surface area (Å²) in [7, 11) is -2.80. The van der Waals surface area contributed by atoms with Gasteiger partial charge in [-0.1, -0.05) is 87.5 Å². The maximum absolute atomic E-state index is 11.9. The Hall–Kier alpha value is -3.14. The van der Waals surface area contributed by atoms with Crippen LogP contribution in [0.2, 0.25) is 5.04 Å². The third-order valence-corrected chi connectivity index (χ3v) is 14.4. The Kier molecular flexibility index (Phi) is 8.80. The molecule has 2 heterocycles. The van der Waals surface area contributed by atoms with Gasteiger partial charge in [0.2, 0.25) is 0 Å². The highest BCUT2D eigenvalue weighted by Crippen LogP contribution is 2.44. The smallest absolute Gasteiger partial charge is 0.261 e. The zero-order valence-corrected chi connectivity index (χ0v) is 27.4. The Balaban J connectivity index is 1.38. The summed E-state index contributed by atoms with van der Waals surface area (Å²) >= 11 is 1.56. The molecule has 226 valence electrons. The van der Waals surface area contributed by atoms with Gasteiger partial charge in [-0.15, -0.1) is 11.8 Å². The van der Waals surface area contributed by atoms with E-state index in [4.69, 9.17) is 13.6 Å². The van der Waals surface area contributed by atoms with Gasteiger partial charge in [0, 0.05) is 11.5 Å². The molecule has 0 fully saturated rings. The minimum Gasteiger partial charge on any atom is -0.507 e. The lowest BCUT2D eigenvalue weighted by molar-refractivity contribution is -0.0511. The second kappa shape index (κ2) is 12.1. The molecule has 6 nitrogen and oxygen atoms in total. The summed E-state index contributed by atoms with van der Waals surface area (Å²) in [6.45, 7) is 12.4. The lowest BCUT2D eigenvalue weighted by Crippen LogP contribution is -2.67. The molecule has 0 saturated heterocycles. The Labute approximate surface area is 258 Å². The highest BCUT2D eigenvalue weighted by atomic mass is 32.2. The molecule has 0 amide bonds. The predicted molar refractivity (Wildman–Crippen MR) is 176 cm³/mol. The first-order valence-electron chi connectivity index (χ1n) is 14.5. The van der Waals surface area contributed by atoms with E-state index in [1.807, 2.05) is 38.1 Å². The van der Waals surface area contributed by atoms with Crippen molar-refractivity contribution in [3.05, 3.63) is 102 Å². The summed E-state index contributed by atoms with van der Waals surface area (Å²) in [5.74, 6) is 0.389. The number of ether oxygens (including phenoxy) is 1. The standard InChI is InChI=1S/C35H40O6SSi/c1-23(36)27-19-24-20-32(40-30(24)21-29(27)38)35(5,6)42-33-18-17-28(37)31(41-33)22-39-43(34(2,3)4,25-13-9-7-10-14-25)26-15-11-8-12-16-26/h7-21,28,31,33,37-38H,22H2,1-6H3/t28-,31-,33+/m1/s1. The normalized spacial score (nSPS) is 19.6. The number of carbonyl (C=O) groups excluding carboxylic acids is 1. The predicted octanol–water partition coefficient (Wildman–Crippen LogP) is 6.53. The van der Waals surface area contributed by atoms with E-state index in [9.17, 15) is 15.0 Å². The van der Waals surface area contributed by atoms with Crippen molar-refractivity contribution in [3.8, 4) is 5.75 Å². The maximum atomic E-state index is 11.9. The van der Waals surface area contributed by atoms with Crippen molar-refractivity contribution in [2.45, 2.75) is 69.0 Å². The van der Waals surface area contributed by atoms with Crippen LogP contribution in [0, 0.1) is 0 Å². The molecule has 43 heavy (non-hydrogen) atoms. The van der Waals surface area contributed by atoms with Gasteiger partial charge in [-0.25, -0.2) is 0 Å². The average Bonchev–Trinajstić information content (AvgIpc) is 3.39. The monoisotopic (exact) mass is 616 g/mol. The van der Waals surface area contributed by atoms with Crippen LogP contribution in [0.4, 0.5) is 0 Å². The number of Topliss-reactive ketones (excluding diaryl/α,β-unsaturated/α-hetero) is 1. The van der Waals surface area contributed by atoms with Crippen molar-refractivity contribution in [2.75, 3.05) is 6.61 Å². The molecule has 4 aromatic rings. The van der Waals surface area contributed by atoms with Gasteiger partial charge in [0.25, 0.3) is 8.32 Å². The van der Waals surface area contributed by atoms with Gasteiger partial charge in [-0.2, -0.15) is 0 Å². The van der Waals surface area contributed by atoms with Crippen LogP contribution in [0.1, 0.15) is 57.7 Å². The Morgan fingerprint density at radius 3 is 2.09 bits per heavy atom. The van der Waals surface area contributed by atoms with E-state index in [-0.39, 0.29) is 34.2 Å². The van der Waals surface area contributed by atoms with Crippen molar-refractivity contribution in [1.82, 2.24) is 0 Å². The molecule has 0 spiro atoms. The molecule has 0 bridgehead atoms. The van der Waals surface area contributed by atoms with Crippen molar-refractivity contribution < 1.29 is 28.6 Å². The largest absolute Gasteiger partial charge is 0.507 e. The molecule has 0 unspecified atom stereocenters. The second-order valence-electron chi connectivity index (χ2n) is 12.6. The fourth-order valence-corrected chi connectivity index (χ4v) is 11.5. The Bertz CT molecular complexity index is 1570. The second-order valence-corrected chi connectivity index (χ2v) is 18.6. The SMILES string of the molecule is CC(=O)c1cc2cc(C(C)(C)S[C@H]3C=C[C@@H](O)[C@@H](CO[Si](c4ccccc4)(c4ccccc4)C(C)(C)C)O3)oc2cc1O. The molecular weight excluding hydrogens is 577 g/mol. The van der Waals surface area contributed by atoms with Crippen LogP contribution in [0.25, 0.3) is 11.0 Å². The molecule has 1 aliphatic rings. The number of aliphatic hydroxyl groups is 1. The highest BCUT2D eigenvalue weighted by molar-refractivity contribution is 8.00. The molecule has 0 radical (unpaired) electrons. The van der Waals surface area contributed by atoms with Gasteiger partial charge in [0.1, 0.15) is 34.7 Å². The van der Waals surface area contributed by atoms with E-state index < -0.39 is 25.3 Å². The van der Waals surface area contributed by atoms with Gasteiger partial charge in [-0.3, -0.25) is 4.79 Å². The van der Waals surface area contributed by atoms with Crippen molar-refractivity contribution in [1.29, 1.82) is 0 Å². The number of thioether (sulfide) groups is 1. The molecule has 3 aromatic carbocycles. The summed E-state index contributed by atoms with van der Waals surface area (Å²) < 4.78 is 19.1. The van der Waals surface area contributed by atoms with Gasteiger partial charge in [0.05, 0.1) is 16.9 Å². The molecule has 5 rings (SSSR count). The number of hydrogen-bond acceptors (Lipinski definition) is 7. The van der Waals surface area contributed by atoms with Crippen LogP contribution in [-0.4, -0.2) is 48.6 Å². The number of carbonyl (C=O) groups is 1. The maximum Gasteiger partial charge on any atom is 0.261 e. The van der Waals surface area contributed by atoms with E-state index in [2.05, 4.69) is 69.3 Å². The molecule has 3 atom stereocenters. The van der Waals surface area contributed by atoms with Gasteiger partial charge in [0.15, 0.2) is 5.78 Å². The zero-order valence-electron chi connectivity index (χ0n) is 25.5. The van der Waals surface area contributed by atoms with E-state index in [0.717, 1.165) is 5.39 Å². The van der Waals surface area contributed by atoms with Crippen molar-refractivity contribution in [3.63, 3.8) is 0 Å². The molecule has 0 saturated carbocycles. The van der Waals surface area contributed by atoms with Gasteiger partial charge < -0.3 is 23.8 Å². The molecule has 1 aromatic heterocycles. The van der Waals surface area contributed by atoms with Crippen LogP contribution >= 0.6 is 11.8 Å². The van der Waals surface area contributed by atoms with E-state index in [1.165, 1.54) is 23.4 Å². The number of furan rings is 1. The molecule has 0 aliphatic carbocycles. The van der Waals surface area contributed by atoms with Gasteiger partial charge >= 0.3 is 0 Å². The van der Waals surface area contributed by atoms with Crippen molar-refractivity contribution in [2.24, 2.45) is 0 Å². The van der Waals surface area contributed by atoms with Crippen LogP contribution in [0.5, 0.6) is 5.75 Å². The number of benzene rings is 3. The van der Waals surface area contributed by atoms with Crippen LogP contribution in [0.15, 0.2) is 95.4 Å². The summed E-state index contributed by atoms with van der Waals surface area (Å²) in [5.41, 5.74) is 0.417. The number of aliphatic hydroxyl groups excluding tert-OH is 1. The summed E-state index contributed by atoms with van der Waals surface area (Å²) in [6, 6.07) is 25.9. The number of rotatable bonds is 9. The first-order valence-corrected chi connectivity index (χ1v) is 17.3.